The second-order valence-electron chi connectivity index (χ2n) is 8.39. The predicted molar refractivity (Wildman–Crippen MR) is 129 cm³/mol. The fourth-order valence-corrected chi connectivity index (χ4v) is 5.28. The van der Waals surface area contributed by atoms with Crippen molar-refractivity contribution in [2.45, 2.75) is 43.9 Å². The van der Waals surface area contributed by atoms with Crippen LogP contribution in [-0.4, -0.2) is 50.5 Å². The van der Waals surface area contributed by atoms with Crippen LogP contribution >= 0.6 is 12.0 Å². The van der Waals surface area contributed by atoms with E-state index in [1.165, 1.54) is 43.4 Å². The summed E-state index contributed by atoms with van der Waals surface area (Å²) in [7, 11) is 3.36. The molecule has 1 saturated heterocycles. The molecule has 0 aromatic heterocycles. The molecule has 2 aliphatic rings. The van der Waals surface area contributed by atoms with Crippen molar-refractivity contribution in [1.29, 1.82) is 0 Å². The summed E-state index contributed by atoms with van der Waals surface area (Å²) in [5, 5.41) is 0.659. The van der Waals surface area contributed by atoms with Gasteiger partial charge in [-0.25, -0.2) is 0 Å². The van der Waals surface area contributed by atoms with Gasteiger partial charge in [0.15, 0.2) is 11.5 Å². The molecule has 31 heavy (non-hydrogen) atoms. The Morgan fingerprint density at radius 2 is 1.55 bits per heavy atom. The van der Waals surface area contributed by atoms with Gasteiger partial charge in [-0.2, -0.15) is 0 Å². The van der Waals surface area contributed by atoms with Crippen LogP contribution in [0.2, 0.25) is 0 Å². The van der Waals surface area contributed by atoms with Crippen LogP contribution in [0.1, 0.15) is 37.7 Å². The first-order chi connectivity index (χ1) is 15.2. The SMILES string of the molecule is COc1ccc(CN2CCN(c3ccc(OSC4CCCCC4)cc3)CC2)cc1OC. The van der Waals surface area contributed by atoms with Gasteiger partial charge in [-0.1, -0.05) is 25.3 Å². The van der Waals surface area contributed by atoms with Gasteiger partial charge >= 0.3 is 0 Å². The van der Waals surface area contributed by atoms with E-state index in [9.17, 15) is 0 Å². The van der Waals surface area contributed by atoms with E-state index in [-0.39, 0.29) is 0 Å². The molecule has 4 rings (SSSR count). The Morgan fingerprint density at radius 3 is 2.23 bits per heavy atom. The molecule has 5 nitrogen and oxygen atoms in total. The van der Waals surface area contributed by atoms with Gasteiger partial charge in [0.2, 0.25) is 0 Å². The van der Waals surface area contributed by atoms with Crippen LogP contribution in [-0.2, 0) is 6.54 Å². The monoisotopic (exact) mass is 442 g/mol. The minimum absolute atomic E-state index is 0.659. The Bertz CT molecular complexity index is 816. The quantitative estimate of drug-likeness (QED) is 0.510. The summed E-state index contributed by atoms with van der Waals surface area (Å²) in [6.45, 7) is 5.09. The molecule has 1 aliphatic heterocycles. The van der Waals surface area contributed by atoms with Gasteiger partial charge in [0.1, 0.15) is 5.75 Å². The minimum atomic E-state index is 0.659. The van der Waals surface area contributed by atoms with Gasteiger partial charge in [-0.05, 0) is 54.8 Å². The van der Waals surface area contributed by atoms with Crippen molar-refractivity contribution in [3.8, 4) is 17.2 Å². The van der Waals surface area contributed by atoms with Crippen LogP contribution in [0.15, 0.2) is 42.5 Å². The summed E-state index contributed by atoms with van der Waals surface area (Å²) in [5.74, 6) is 2.54. The van der Waals surface area contributed by atoms with Crippen LogP contribution in [0.4, 0.5) is 5.69 Å². The van der Waals surface area contributed by atoms with Crippen LogP contribution in [0, 0.1) is 0 Å². The highest BCUT2D eigenvalue weighted by atomic mass is 32.2. The van der Waals surface area contributed by atoms with E-state index in [1.54, 1.807) is 26.3 Å². The van der Waals surface area contributed by atoms with Crippen molar-refractivity contribution < 1.29 is 13.7 Å². The van der Waals surface area contributed by atoms with E-state index in [2.05, 4.69) is 46.2 Å². The van der Waals surface area contributed by atoms with Crippen LogP contribution in [0.3, 0.4) is 0 Å². The minimum Gasteiger partial charge on any atom is -0.493 e. The number of methoxy groups -OCH3 is 2. The number of piperazine rings is 1. The molecule has 0 amide bonds. The molecular formula is C25H34N2O3S. The highest BCUT2D eigenvalue weighted by molar-refractivity contribution is 7.95. The smallest absolute Gasteiger partial charge is 0.161 e. The molecule has 2 aromatic rings. The largest absolute Gasteiger partial charge is 0.493 e. The summed E-state index contributed by atoms with van der Waals surface area (Å²) in [4.78, 5) is 4.96. The normalized spacial score (nSPS) is 18.1. The van der Waals surface area contributed by atoms with Gasteiger partial charge in [-0.15, -0.1) is 0 Å². The van der Waals surface area contributed by atoms with Crippen molar-refractivity contribution in [1.82, 2.24) is 4.90 Å². The number of rotatable bonds is 8. The average Bonchev–Trinajstić information content (AvgIpc) is 2.84. The predicted octanol–water partition coefficient (Wildman–Crippen LogP) is 5.39. The first-order valence-corrected chi connectivity index (χ1v) is 12.2. The van der Waals surface area contributed by atoms with Gasteiger partial charge in [0, 0.05) is 43.7 Å². The number of hydrogen-bond acceptors (Lipinski definition) is 6. The Morgan fingerprint density at radius 1 is 0.839 bits per heavy atom. The molecule has 1 heterocycles. The molecule has 2 aromatic carbocycles. The van der Waals surface area contributed by atoms with E-state index < -0.39 is 0 Å². The maximum Gasteiger partial charge on any atom is 0.161 e. The van der Waals surface area contributed by atoms with Crippen LogP contribution in [0.25, 0.3) is 0 Å². The van der Waals surface area contributed by atoms with Gasteiger partial charge in [0.25, 0.3) is 0 Å². The van der Waals surface area contributed by atoms with Gasteiger partial charge in [0.05, 0.1) is 26.3 Å². The molecule has 168 valence electrons. The summed E-state index contributed by atoms with van der Waals surface area (Å²) in [6.07, 6.45) is 6.65. The number of ether oxygens (including phenoxy) is 2. The molecule has 2 fully saturated rings. The Hall–Kier alpha value is -2.05. The molecule has 0 radical (unpaired) electrons. The molecule has 1 saturated carbocycles. The molecule has 1 aliphatic carbocycles. The Balaban J connectivity index is 1.24. The number of hydrogen-bond donors (Lipinski definition) is 0. The molecule has 0 unspecified atom stereocenters. The summed E-state index contributed by atoms with van der Waals surface area (Å²) >= 11 is 1.66. The zero-order valence-electron chi connectivity index (χ0n) is 18.7. The van der Waals surface area contributed by atoms with E-state index in [0.717, 1.165) is 50.0 Å². The second-order valence-corrected chi connectivity index (χ2v) is 9.41. The van der Waals surface area contributed by atoms with Crippen molar-refractivity contribution in [2.75, 3.05) is 45.3 Å². The molecular weight excluding hydrogens is 408 g/mol. The summed E-state index contributed by atoms with van der Waals surface area (Å²) in [6, 6.07) is 14.8. The Kier molecular flexibility index (Phi) is 7.86. The van der Waals surface area contributed by atoms with Gasteiger partial charge in [-0.3, -0.25) is 4.90 Å². The number of nitrogens with zero attached hydrogens (tertiary/aromatic N) is 2. The molecule has 0 spiro atoms. The van der Waals surface area contributed by atoms with Crippen molar-refractivity contribution in [2.24, 2.45) is 0 Å². The third kappa shape index (κ3) is 6.01. The van der Waals surface area contributed by atoms with Crippen molar-refractivity contribution in [3.63, 3.8) is 0 Å². The summed E-state index contributed by atoms with van der Waals surface area (Å²) in [5.41, 5.74) is 2.53. The lowest BCUT2D eigenvalue weighted by atomic mass is 10.0. The second kappa shape index (κ2) is 11.0. The zero-order valence-corrected chi connectivity index (χ0v) is 19.5. The van der Waals surface area contributed by atoms with Crippen LogP contribution in [0.5, 0.6) is 17.2 Å². The first kappa shape index (κ1) is 22.2. The fourth-order valence-electron chi connectivity index (χ4n) is 4.40. The first-order valence-electron chi connectivity index (χ1n) is 11.4. The number of benzene rings is 2. The standard InChI is InChI=1S/C25H34N2O3S/c1-28-24-13-8-20(18-25(24)29-2)19-26-14-16-27(17-15-26)21-9-11-22(12-10-21)30-31-23-6-4-3-5-7-23/h8-13,18,23H,3-7,14-17,19H2,1-2H3. The number of anilines is 1. The maximum atomic E-state index is 5.98. The molecule has 0 N–H and O–H groups in total. The zero-order chi connectivity index (χ0) is 21.5. The maximum absolute atomic E-state index is 5.98. The molecule has 6 heteroatoms. The topological polar surface area (TPSA) is 34.2 Å². The van der Waals surface area contributed by atoms with Gasteiger partial charge < -0.3 is 18.6 Å². The van der Waals surface area contributed by atoms with E-state index >= 15 is 0 Å². The third-order valence-corrected chi connectivity index (χ3v) is 7.29. The van der Waals surface area contributed by atoms with E-state index in [4.69, 9.17) is 13.7 Å². The fraction of sp³-hybridized carbons (Fsp3) is 0.520. The van der Waals surface area contributed by atoms with Crippen molar-refractivity contribution >= 4 is 17.7 Å². The highest BCUT2D eigenvalue weighted by Gasteiger charge is 2.19. The third-order valence-electron chi connectivity index (χ3n) is 6.26. The summed E-state index contributed by atoms with van der Waals surface area (Å²) < 4.78 is 16.8. The highest BCUT2D eigenvalue weighted by Crippen LogP contribution is 2.31. The molecule has 0 atom stereocenters. The van der Waals surface area contributed by atoms with E-state index in [1.807, 2.05) is 6.07 Å². The van der Waals surface area contributed by atoms with E-state index in [0.29, 0.717) is 5.25 Å². The Labute approximate surface area is 190 Å². The average molecular weight is 443 g/mol. The lowest BCUT2D eigenvalue weighted by Crippen LogP contribution is -2.45. The lowest BCUT2D eigenvalue weighted by molar-refractivity contribution is 0.249. The van der Waals surface area contributed by atoms with Crippen molar-refractivity contribution in [3.05, 3.63) is 48.0 Å². The van der Waals surface area contributed by atoms with Crippen LogP contribution < -0.4 is 18.6 Å². The molecule has 0 bridgehead atoms. The lowest BCUT2D eigenvalue weighted by Gasteiger charge is -2.36.